The Hall–Kier alpha value is -3.39. The third kappa shape index (κ3) is 4.47. The topological polar surface area (TPSA) is 92.9 Å². The molecule has 0 radical (unpaired) electrons. The van der Waals surface area contributed by atoms with Crippen LogP contribution in [0.4, 0.5) is 17.5 Å². The Kier molecular flexibility index (Phi) is 5.20. The third-order valence-corrected chi connectivity index (χ3v) is 4.64. The number of aromatic nitrogens is 4. The van der Waals surface area contributed by atoms with Gasteiger partial charge in [0.25, 0.3) is 5.56 Å². The second-order valence-corrected chi connectivity index (χ2v) is 6.80. The first-order valence-corrected chi connectivity index (χ1v) is 9.26. The minimum absolute atomic E-state index is 0.194. The van der Waals surface area contributed by atoms with Gasteiger partial charge in [-0.2, -0.15) is 0 Å². The van der Waals surface area contributed by atoms with E-state index in [1.54, 1.807) is 0 Å². The van der Waals surface area contributed by atoms with Crippen LogP contribution >= 0.6 is 0 Å². The molecule has 1 aliphatic rings. The fourth-order valence-corrected chi connectivity index (χ4v) is 3.06. The molecule has 0 unspecified atom stereocenters. The summed E-state index contributed by atoms with van der Waals surface area (Å²) in [4.78, 5) is 25.2. The van der Waals surface area contributed by atoms with Crippen LogP contribution in [-0.4, -0.2) is 58.3 Å². The van der Waals surface area contributed by atoms with Gasteiger partial charge in [-0.05, 0) is 18.7 Å². The number of benzene rings is 1. The molecule has 144 valence electrons. The lowest BCUT2D eigenvalue weighted by atomic mass is 10.2. The zero-order chi connectivity index (χ0) is 19.3. The van der Waals surface area contributed by atoms with Gasteiger partial charge in [-0.15, -0.1) is 0 Å². The van der Waals surface area contributed by atoms with Crippen LogP contribution in [-0.2, 0) is 0 Å². The molecule has 1 aromatic carbocycles. The van der Waals surface area contributed by atoms with Crippen molar-refractivity contribution >= 4 is 29.6 Å². The Labute approximate surface area is 162 Å². The molecule has 8 heteroatoms. The molecule has 0 saturated carbocycles. The second-order valence-electron chi connectivity index (χ2n) is 6.80. The smallest absolute Gasteiger partial charge is 0.266 e. The second kappa shape index (κ2) is 8.10. The highest BCUT2D eigenvalue weighted by Gasteiger charge is 2.17. The van der Waals surface area contributed by atoms with Crippen LogP contribution in [0.1, 0.15) is 11.4 Å². The summed E-state index contributed by atoms with van der Waals surface area (Å²) in [6.45, 7) is 3.81. The zero-order valence-electron chi connectivity index (χ0n) is 15.7. The van der Waals surface area contributed by atoms with E-state index in [0.29, 0.717) is 17.5 Å². The number of nitrogens with one attached hydrogen (secondary N) is 3. The normalized spacial score (nSPS) is 15.2. The van der Waals surface area contributed by atoms with Gasteiger partial charge < -0.3 is 15.1 Å². The molecule has 1 aliphatic heterocycles. The first-order valence-electron chi connectivity index (χ1n) is 9.26. The predicted molar refractivity (Wildman–Crippen MR) is 112 cm³/mol. The number of hydrogen-bond donors (Lipinski definition) is 3. The maximum atomic E-state index is 11.4. The molecule has 0 amide bonds. The largest absolute Gasteiger partial charge is 0.354 e. The van der Waals surface area contributed by atoms with Gasteiger partial charge in [0.05, 0.1) is 0 Å². The van der Waals surface area contributed by atoms with E-state index in [-0.39, 0.29) is 5.56 Å². The van der Waals surface area contributed by atoms with Gasteiger partial charge in [-0.3, -0.25) is 15.0 Å². The Morgan fingerprint density at radius 3 is 2.50 bits per heavy atom. The van der Waals surface area contributed by atoms with Crippen LogP contribution in [0.3, 0.4) is 0 Å². The Morgan fingerprint density at radius 2 is 1.79 bits per heavy atom. The van der Waals surface area contributed by atoms with E-state index in [1.807, 2.05) is 48.6 Å². The van der Waals surface area contributed by atoms with E-state index >= 15 is 0 Å². The molecule has 1 saturated heterocycles. The standard InChI is InChI=1S/C20H23N7O/c1-26-9-11-27(12-10-26)19-13-17(22-18-14-20(28)25-24-18)21-16(23-19)8-7-15-5-3-2-4-6-15/h2-8,13-14H,9-12H2,1H3,(H3,21,22,23,24,25,28). The number of likely N-dealkylation sites (N-methyl/N-ethyl adjacent to an activating group) is 1. The number of piperazine rings is 1. The van der Waals surface area contributed by atoms with Crippen molar-refractivity contribution in [3.8, 4) is 0 Å². The summed E-state index contributed by atoms with van der Waals surface area (Å²) in [6, 6.07) is 13.4. The summed E-state index contributed by atoms with van der Waals surface area (Å²) in [6.07, 6.45) is 3.89. The van der Waals surface area contributed by atoms with Crippen molar-refractivity contribution in [3.05, 3.63) is 64.2 Å². The highest BCUT2D eigenvalue weighted by atomic mass is 16.1. The van der Waals surface area contributed by atoms with Crippen LogP contribution in [0, 0.1) is 0 Å². The van der Waals surface area contributed by atoms with E-state index in [1.165, 1.54) is 6.07 Å². The van der Waals surface area contributed by atoms with Gasteiger partial charge in [0.2, 0.25) is 0 Å². The van der Waals surface area contributed by atoms with Crippen molar-refractivity contribution in [2.24, 2.45) is 0 Å². The summed E-state index contributed by atoms with van der Waals surface area (Å²) in [5, 5.41) is 8.45. The fraction of sp³-hybridized carbons (Fsp3) is 0.250. The quantitative estimate of drug-likeness (QED) is 0.631. The van der Waals surface area contributed by atoms with Crippen LogP contribution in [0.2, 0.25) is 0 Å². The Balaban J connectivity index is 1.63. The van der Waals surface area contributed by atoms with E-state index in [2.05, 4.69) is 37.3 Å². The molecule has 0 atom stereocenters. The van der Waals surface area contributed by atoms with Crippen LogP contribution in [0.25, 0.3) is 12.2 Å². The van der Waals surface area contributed by atoms with E-state index in [9.17, 15) is 4.79 Å². The van der Waals surface area contributed by atoms with Crippen LogP contribution in [0.5, 0.6) is 0 Å². The van der Waals surface area contributed by atoms with Crippen LogP contribution < -0.4 is 15.8 Å². The molecule has 0 bridgehead atoms. The van der Waals surface area contributed by atoms with E-state index < -0.39 is 0 Å². The SMILES string of the molecule is CN1CCN(c2cc(Nc3cc(=O)[nH][nH]3)nc(C=Cc3ccccc3)n2)CC1. The van der Waals surface area contributed by atoms with Crippen molar-refractivity contribution in [3.63, 3.8) is 0 Å². The molecule has 3 N–H and O–H groups in total. The van der Waals surface area contributed by atoms with Gasteiger partial charge in [0, 0.05) is 38.3 Å². The molecular formula is C20H23N7O. The van der Waals surface area contributed by atoms with E-state index in [0.717, 1.165) is 37.6 Å². The monoisotopic (exact) mass is 377 g/mol. The molecule has 4 rings (SSSR count). The lowest BCUT2D eigenvalue weighted by Gasteiger charge is -2.33. The molecule has 3 aromatic rings. The number of rotatable bonds is 5. The van der Waals surface area contributed by atoms with Gasteiger partial charge in [0.1, 0.15) is 17.5 Å². The summed E-state index contributed by atoms with van der Waals surface area (Å²) < 4.78 is 0. The molecule has 2 aromatic heterocycles. The summed E-state index contributed by atoms with van der Waals surface area (Å²) in [5.74, 6) is 2.68. The fourth-order valence-electron chi connectivity index (χ4n) is 3.06. The summed E-state index contributed by atoms with van der Waals surface area (Å²) in [7, 11) is 2.13. The first-order chi connectivity index (χ1) is 13.7. The highest BCUT2D eigenvalue weighted by Crippen LogP contribution is 2.20. The minimum atomic E-state index is -0.194. The minimum Gasteiger partial charge on any atom is -0.354 e. The highest BCUT2D eigenvalue weighted by molar-refractivity contribution is 5.68. The van der Waals surface area contributed by atoms with Gasteiger partial charge in [0.15, 0.2) is 5.82 Å². The molecule has 3 heterocycles. The number of H-pyrrole nitrogens is 2. The van der Waals surface area contributed by atoms with E-state index in [4.69, 9.17) is 4.98 Å². The molecule has 1 fully saturated rings. The summed E-state index contributed by atoms with van der Waals surface area (Å²) in [5.41, 5.74) is 0.889. The first kappa shape index (κ1) is 18.0. The van der Waals surface area contributed by atoms with Crippen molar-refractivity contribution in [2.45, 2.75) is 0 Å². The van der Waals surface area contributed by atoms with Crippen molar-refractivity contribution < 1.29 is 0 Å². The average Bonchev–Trinajstić information content (AvgIpc) is 3.12. The molecule has 28 heavy (non-hydrogen) atoms. The van der Waals surface area contributed by atoms with Crippen molar-refractivity contribution in [2.75, 3.05) is 43.4 Å². The lowest BCUT2D eigenvalue weighted by Crippen LogP contribution is -2.44. The molecule has 8 nitrogen and oxygen atoms in total. The maximum absolute atomic E-state index is 11.4. The van der Waals surface area contributed by atoms with Crippen LogP contribution in [0.15, 0.2) is 47.3 Å². The number of aromatic amines is 2. The summed E-state index contributed by atoms with van der Waals surface area (Å²) >= 11 is 0. The lowest BCUT2D eigenvalue weighted by molar-refractivity contribution is 0.312. The number of anilines is 3. The number of nitrogens with zero attached hydrogens (tertiary/aromatic N) is 4. The predicted octanol–water partition coefficient (Wildman–Crippen LogP) is 2.16. The Morgan fingerprint density at radius 1 is 1.00 bits per heavy atom. The van der Waals surface area contributed by atoms with Gasteiger partial charge in [-0.1, -0.05) is 36.4 Å². The Bertz CT molecular complexity index is 1000. The molecule has 0 spiro atoms. The number of hydrogen-bond acceptors (Lipinski definition) is 6. The van der Waals surface area contributed by atoms with Crippen molar-refractivity contribution in [1.82, 2.24) is 25.1 Å². The molecule has 0 aliphatic carbocycles. The zero-order valence-corrected chi connectivity index (χ0v) is 15.7. The van der Waals surface area contributed by atoms with Gasteiger partial charge in [-0.25, -0.2) is 9.97 Å². The average molecular weight is 377 g/mol. The maximum Gasteiger partial charge on any atom is 0.266 e. The van der Waals surface area contributed by atoms with Gasteiger partial charge >= 0.3 is 0 Å². The van der Waals surface area contributed by atoms with Crippen molar-refractivity contribution in [1.29, 1.82) is 0 Å². The third-order valence-electron chi connectivity index (χ3n) is 4.64. The molecular weight excluding hydrogens is 354 g/mol.